The van der Waals surface area contributed by atoms with Gasteiger partial charge in [-0.1, -0.05) is 36.4 Å². The van der Waals surface area contributed by atoms with Crippen LogP contribution < -0.4 is 8.37 Å². The second-order valence-electron chi connectivity index (χ2n) is 7.05. The molecule has 0 aliphatic carbocycles. The van der Waals surface area contributed by atoms with Crippen LogP contribution in [0.15, 0.2) is 70.5 Å². The number of hydrogen-bond donors (Lipinski definition) is 0. The zero-order valence-corrected chi connectivity index (χ0v) is 16.4. The van der Waals surface area contributed by atoms with Crippen LogP contribution in [0.2, 0.25) is 0 Å². The van der Waals surface area contributed by atoms with Crippen LogP contribution in [0.25, 0.3) is 21.5 Å². The fourth-order valence-corrected chi connectivity index (χ4v) is 6.54. The Morgan fingerprint density at radius 3 is 1.48 bits per heavy atom. The Morgan fingerprint density at radius 1 is 0.586 bits per heavy atom. The van der Waals surface area contributed by atoms with Crippen molar-refractivity contribution in [3.8, 4) is 11.5 Å². The highest BCUT2D eigenvalue weighted by atomic mass is 32.2. The molecule has 2 aliphatic rings. The maximum Gasteiger partial charge on any atom is 0.340 e. The quantitative estimate of drug-likeness (QED) is 0.456. The summed E-state index contributed by atoms with van der Waals surface area (Å²) in [4.78, 5) is 0.346. The van der Waals surface area contributed by atoms with E-state index in [4.69, 9.17) is 8.37 Å². The highest BCUT2D eigenvalue weighted by molar-refractivity contribution is 7.88. The van der Waals surface area contributed by atoms with Crippen LogP contribution in [-0.2, 0) is 26.7 Å². The molecule has 0 spiro atoms. The van der Waals surface area contributed by atoms with E-state index in [9.17, 15) is 16.8 Å². The average Bonchev–Trinajstić information content (AvgIpc) is 3.12. The van der Waals surface area contributed by atoms with Crippen molar-refractivity contribution in [2.45, 2.75) is 16.2 Å². The lowest BCUT2D eigenvalue weighted by atomic mass is 9.94. The summed E-state index contributed by atoms with van der Waals surface area (Å²) < 4.78 is 59.2. The first-order chi connectivity index (χ1) is 13.9. The van der Waals surface area contributed by atoms with Crippen molar-refractivity contribution in [3.05, 3.63) is 71.8 Å². The molecule has 4 aromatic rings. The van der Waals surface area contributed by atoms with E-state index in [-0.39, 0.29) is 9.79 Å². The first kappa shape index (κ1) is 16.8. The lowest BCUT2D eigenvalue weighted by Crippen LogP contribution is -2.02. The first-order valence-electron chi connectivity index (χ1n) is 8.83. The third kappa shape index (κ3) is 2.21. The maximum atomic E-state index is 12.2. The molecular weight excluding hydrogens is 412 g/mol. The Hall–Kier alpha value is -3.10. The van der Waals surface area contributed by atoms with Crippen molar-refractivity contribution in [1.29, 1.82) is 0 Å². The Balaban J connectivity index is 1.58. The molecule has 2 aliphatic heterocycles. The van der Waals surface area contributed by atoms with Gasteiger partial charge in [0.2, 0.25) is 0 Å². The predicted octanol–water partition coefficient (Wildman–Crippen LogP) is 3.75. The Kier molecular flexibility index (Phi) is 3.06. The third-order valence-corrected chi connectivity index (χ3v) is 7.98. The van der Waals surface area contributed by atoms with Gasteiger partial charge in [0.15, 0.2) is 11.5 Å². The standard InChI is InChI=1S/C21H12O6S2/c22-28(23)18-5-1-3-14-12(7-9-16(26-28)20(14)18)11-13-8-10-17-21-15(13)4-2-6-19(21)29(24,25)27-17/h1-10H,11H2. The maximum absolute atomic E-state index is 12.2. The second-order valence-corrected chi connectivity index (χ2v) is 10.1. The number of benzene rings is 4. The SMILES string of the molecule is O=S1(=O)Oc2ccc(Cc3ccc4c5c(cccc35)S(=O)(=O)O4)c3cccc1c23. The lowest BCUT2D eigenvalue weighted by Gasteiger charge is -2.10. The van der Waals surface area contributed by atoms with Crippen molar-refractivity contribution in [2.75, 3.05) is 0 Å². The molecule has 29 heavy (non-hydrogen) atoms. The first-order valence-corrected chi connectivity index (χ1v) is 11.6. The summed E-state index contributed by atoms with van der Waals surface area (Å²) in [6.07, 6.45) is 0.501. The molecule has 8 heteroatoms. The molecule has 0 fully saturated rings. The van der Waals surface area contributed by atoms with E-state index in [1.165, 1.54) is 0 Å². The van der Waals surface area contributed by atoms with Crippen LogP contribution >= 0.6 is 0 Å². The van der Waals surface area contributed by atoms with Gasteiger partial charge in [-0.3, -0.25) is 0 Å². The Morgan fingerprint density at radius 2 is 1.03 bits per heavy atom. The topological polar surface area (TPSA) is 86.7 Å². The molecule has 4 aromatic carbocycles. The van der Waals surface area contributed by atoms with E-state index >= 15 is 0 Å². The molecule has 0 amide bonds. The predicted molar refractivity (Wildman–Crippen MR) is 106 cm³/mol. The summed E-state index contributed by atoms with van der Waals surface area (Å²) in [7, 11) is -7.56. The molecule has 0 saturated carbocycles. The van der Waals surface area contributed by atoms with Crippen molar-refractivity contribution in [3.63, 3.8) is 0 Å². The summed E-state index contributed by atoms with van der Waals surface area (Å²) in [6.45, 7) is 0. The van der Waals surface area contributed by atoms with Crippen LogP contribution in [0.3, 0.4) is 0 Å². The van der Waals surface area contributed by atoms with E-state index in [1.807, 2.05) is 24.3 Å². The molecular formula is C21H12O6S2. The monoisotopic (exact) mass is 424 g/mol. The van der Waals surface area contributed by atoms with Crippen molar-refractivity contribution >= 4 is 41.8 Å². The van der Waals surface area contributed by atoms with Crippen LogP contribution in [0.5, 0.6) is 11.5 Å². The molecule has 0 N–H and O–H groups in total. The van der Waals surface area contributed by atoms with Crippen LogP contribution in [0.1, 0.15) is 11.1 Å². The van der Waals surface area contributed by atoms with Crippen molar-refractivity contribution < 1.29 is 25.2 Å². The largest absolute Gasteiger partial charge is 0.378 e. The fourth-order valence-electron chi connectivity index (χ4n) is 4.20. The summed E-state index contributed by atoms with van der Waals surface area (Å²) >= 11 is 0. The molecule has 6 nitrogen and oxygen atoms in total. The van der Waals surface area contributed by atoms with Crippen molar-refractivity contribution in [2.24, 2.45) is 0 Å². The average molecular weight is 424 g/mol. The minimum atomic E-state index is -3.78. The summed E-state index contributed by atoms with van der Waals surface area (Å²) in [5.74, 6) is 0.665. The highest BCUT2D eigenvalue weighted by Gasteiger charge is 2.32. The Labute approximate surface area is 166 Å². The van der Waals surface area contributed by atoms with Crippen LogP contribution in [0.4, 0.5) is 0 Å². The zero-order valence-electron chi connectivity index (χ0n) is 14.7. The summed E-state index contributed by atoms with van der Waals surface area (Å²) in [6, 6.07) is 17.2. The molecule has 0 atom stereocenters. The van der Waals surface area contributed by atoms with Crippen LogP contribution in [0, 0.1) is 0 Å². The van der Waals surface area contributed by atoms with E-state index < -0.39 is 20.2 Å². The van der Waals surface area contributed by atoms with Gasteiger partial charge in [-0.05, 0) is 52.6 Å². The van der Waals surface area contributed by atoms with E-state index in [2.05, 4.69) is 0 Å². The lowest BCUT2D eigenvalue weighted by molar-refractivity contribution is 0.497. The van der Waals surface area contributed by atoms with Gasteiger partial charge >= 0.3 is 20.2 Å². The smallest absolute Gasteiger partial charge is 0.340 e. The van der Waals surface area contributed by atoms with Gasteiger partial charge < -0.3 is 8.37 Å². The van der Waals surface area contributed by atoms with E-state index in [0.29, 0.717) is 28.7 Å². The van der Waals surface area contributed by atoms with Gasteiger partial charge in [0.25, 0.3) is 0 Å². The molecule has 0 saturated heterocycles. The molecule has 0 aromatic heterocycles. The highest BCUT2D eigenvalue weighted by Crippen LogP contribution is 2.43. The second kappa shape index (κ2) is 5.28. The van der Waals surface area contributed by atoms with E-state index in [1.54, 1.807) is 36.4 Å². The molecule has 0 unspecified atom stereocenters. The molecule has 0 bridgehead atoms. The number of rotatable bonds is 2. The summed E-state index contributed by atoms with van der Waals surface area (Å²) in [5.41, 5.74) is 1.85. The molecule has 2 heterocycles. The van der Waals surface area contributed by atoms with Gasteiger partial charge in [0.05, 0.1) is 0 Å². The minimum Gasteiger partial charge on any atom is -0.378 e. The van der Waals surface area contributed by atoms with Crippen molar-refractivity contribution in [1.82, 2.24) is 0 Å². The number of hydrogen-bond acceptors (Lipinski definition) is 6. The van der Waals surface area contributed by atoms with Gasteiger partial charge in [-0.25, -0.2) is 0 Å². The van der Waals surface area contributed by atoms with E-state index in [0.717, 1.165) is 21.9 Å². The zero-order chi connectivity index (χ0) is 20.0. The summed E-state index contributed by atoms with van der Waals surface area (Å²) in [5, 5.41) is 2.77. The normalized spacial score (nSPS) is 17.4. The van der Waals surface area contributed by atoms with Gasteiger partial charge in [-0.2, -0.15) is 16.8 Å². The van der Waals surface area contributed by atoms with Gasteiger partial charge in [0.1, 0.15) is 9.79 Å². The third-order valence-electron chi connectivity index (χ3n) is 5.43. The minimum absolute atomic E-state index is 0.173. The molecule has 6 rings (SSSR count). The Bertz CT molecular complexity index is 1480. The van der Waals surface area contributed by atoms with Crippen LogP contribution in [-0.4, -0.2) is 16.8 Å². The van der Waals surface area contributed by atoms with Gasteiger partial charge in [0, 0.05) is 10.8 Å². The molecule has 144 valence electrons. The molecule has 0 radical (unpaired) electrons. The fraction of sp³-hybridized carbons (Fsp3) is 0.0476. The van der Waals surface area contributed by atoms with Gasteiger partial charge in [-0.15, -0.1) is 0 Å².